The molecular weight excluding hydrogens is 352 g/mol. The third kappa shape index (κ3) is 4.55. The van der Waals surface area contributed by atoms with E-state index in [-0.39, 0.29) is 12.4 Å². The number of β-amino-alcohol motifs (C(OH)–C–C–N with tert-alkyl or cyclic N) is 1. The van der Waals surface area contributed by atoms with Crippen LogP contribution in [0.15, 0.2) is 66.7 Å². The predicted molar refractivity (Wildman–Crippen MR) is 112 cm³/mol. The first-order chi connectivity index (χ1) is 13.7. The van der Waals surface area contributed by atoms with Crippen LogP contribution in [-0.4, -0.2) is 60.5 Å². The number of rotatable bonds is 6. The van der Waals surface area contributed by atoms with Gasteiger partial charge in [-0.05, 0) is 47.2 Å². The van der Waals surface area contributed by atoms with E-state index in [2.05, 4.69) is 21.9 Å². The van der Waals surface area contributed by atoms with E-state index in [1.165, 1.54) is 5.39 Å². The molecule has 2 N–H and O–H groups in total. The molecule has 1 aliphatic heterocycles. The molecule has 1 unspecified atom stereocenters. The number of anilines is 1. The number of phenolic OH excluding ortho intramolecular Hbond substituents is 1. The molecule has 3 aromatic carbocycles. The molecule has 4 rings (SSSR count). The topological polar surface area (TPSA) is 56.2 Å². The van der Waals surface area contributed by atoms with Gasteiger partial charge in [-0.25, -0.2) is 0 Å². The summed E-state index contributed by atoms with van der Waals surface area (Å²) in [6, 6.07) is 21.5. The zero-order valence-corrected chi connectivity index (χ0v) is 15.9. The molecule has 0 saturated carbocycles. The lowest BCUT2D eigenvalue weighted by Gasteiger charge is -2.36. The Bertz CT molecular complexity index is 905. The van der Waals surface area contributed by atoms with Crippen molar-refractivity contribution in [3.63, 3.8) is 0 Å². The number of piperazine rings is 1. The van der Waals surface area contributed by atoms with Gasteiger partial charge in [-0.15, -0.1) is 0 Å². The molecule has 0 aromatic heterocycles. The van der Waals surface area contributed by atoms with Gasteiger partial charge in [0.1, 0.15) is 24.2 Å². The highest BCUT2D eigenvalue weighted by atomic mass is 16.5. The van der Waals surface area contributed by atoms with E-state index in [0.717, 1.165) is 43.0 Å². The van der Waals surface area contributed by atoms with E-state index in [9.17, 15) is 10.2 Å². The van der Waals surface area contributed by atoms with E-state index in [4.69, 9.17) is 4.74 Å². The molecule has 0 spiro atoms. The van der Waals surface area contributed by atoms with Crippen molar-refractivity contribution in [3.05, 3.63) is 66.7 Å². The highest BCUT2D eigenvalue weighted by Gasteiger charge is 2.19. The molecule has 1 saturated heterocycles. The van der Waals surface area contributed by atoms with Crippen molar-refractivity contribution < 1.29 is 14.9 Å². The lowest BCUT2D eigenvalue weighted by molar-refractivity contribution is 0.0663. The van der Waals surface area contributed by atoms with Gasteiger partial charge in [0.2, 0.25) is 0 Å². The van der Waals surface area contributed by atoms with Crippen LogP contribution < -0.4 is 9.64 Å². The monoisotopic (exact) mass is 378 g/mol. The SMILES string of the molecule is Oc1ccc(N2CCN(CC(O)COc3ccc4ccccc4c3)CC2)cc1. The smallest absolute Gasteiger partial charge is 0.120 e. The zero-order valence-electron chi connectivity index (χ0n) is 15.9. The first kappa shape index (κ1) is 18.6. The highest BCUT2D eigenvalue weighted by Crippen LogP contribution is 2.21. The van der Waals surface area contributed by atoms with Crippen LogP contribution in [0.1, 0.15) is 0 Å². The van der Waals surface area contributed by atoms with Crippen molar-refractivity contribution in [1.82, 2.24) is 4.90 Å². The van der Waals surface area contributed by atoms with Gasteiger partial charge in [-0.2, -0.15) is 0 Å². The van der Waals surface area contributed by atoms with Crippen LogP contribution in [0.4, 0.5) is 5.69 Å². The van der Waals surface area contributed by atoms with Crippen LogP contribution in [0.3, 0.4) is 0 Å². The van der Waals surface area contributed by atoms with E-state index in [1.54, 1.807) is 12.1 Å². The van der Waals surface area contributed by atoms with Gasteiger partial charge in [-0.3, -0.25) is 4.90 Å². The maximum atomic E-state index is 10.4. The number of benzene rings is 3. The largest absolute Gasteiger partial charge is 0.508 e. The van der Waals surface area contributed by atoms with Gasteiger partial charge in [0.15, 0.2) is 0 Å². The number of hydrogen-bond acceptors (Lipinski definition) is 5. The summed E-state index contributed by atoms with van der Waals surface area (Å²) in [6.45, 7) is 4.50. The fourth-order valence-electron chi connectivity index (χ4n) is 3.65. The minimum Gasteiger partial charge on any atom is -0.508 e. The second-order valence-electron chi connectivity index (χ2n) is 7.28. The van der Waals surface area contributed by atoms with Crippen molar-refractivity contribution in [1.29, 1.82) is 0 Å². The number of aliphatic hydroxyl groups excluding tert-OH is 1. The summed E-state index contributed by atoms with van der Waals surface area (Å²) < 4.78 is 5.81. The lowest BCUT2D eigenvalue weighted by Crippen LogP contribution is -2.49. The van der Waals surface area contributed by atoms with E-state index >= 15 is 0 Å². The fourth-order valence-corrected chi connectivity index (χ4v) is 3.65. The molecular formula is C23H26N2O3. The van der Waals surface area contributed by atoms with Crippen molar-refractivity contribution >= 4 is 16.5 Å². The maximum absolute atomic E-state index is 10.4. The summed E-state index contributed by atoms with van der Waals surface area (Å²) in [4.78, 5) is 4.57. The van der Waals surface area contributed by atoms with Gasteiger partial charge in [0.05, 0.1) is 0 Å². The third-order valence-electron chi connectivity index (χ3n) is 5.22. The summed E-state index contributed by atoms with van der Waals surface area (Å²) in [5.41, 5.74) is 1.12. The van der Waals surface area contributed by atoms with Crippen LogP contribution in [0.2, 0.25) is 0 Å². The lowest BCUT2D eigenvalue weighted by atomic mass is 10.1. The summed E-state index contributed by atoms with van der Waals surface area (Å²) in [7, 11) is 0. The minimum atomic E-state index is -0.522. The van der Waals surface area contributed by atoms with Gasteiger partial charge in [0, 0.05) is 38.4 Å². The number of phenols is 1. The molecule has 3 aromatic rings. The highest BCUT2D eigenvalue weighted by molar-refractivity contribution is 5.83. The molecule has 5 nitrogen and oxygen atoms in total. The Balaban J connectivity index is 1.24. The zero-order chi connectivity index (χ0) is 19.3. The quantitative estimate of drug-likeness (QED) is 0.690. The van der Waals surface area contributed by atoms with Crippen molar-refractivity contribution in [2.75, 3.05) is 44.2 Å². The molecule has 0 amide bonds. The molecule has 1 fully saturated rings. The van der Waals surface area contributed by atoms with E-state index in [1.807, 2.05) is 42.5 Å². The van der Waals surface area contributed by atoms with Crippen molar-refractivity contribution in [2.24, 2.45) is 0 Å². The predicted octanol–water partition coefficient (Wildman–Crippen LogP) is 3.11. The average Bonchev–Trinajstić information content (AvgIpc) is 2.73. The van der Waals surface area contributed by atoms with Gasteiger partial charge >= 0.3 is 0 Å². The van der Waals surface area contributed by atoms with Gasteiger partial charge in [0.25, 0.3) is 0 Å². The standard InChI is InChI=1S/C23H26N2O3/c26-21-8-6-20(7-9-21)25-13-11-24(12-14-25)16-22(27)17-28-23-10-5-18-3-1-2-4-19(18)15-23/h1-10,15,22,26-27H,11-14,16-17H2. The summed E-state index contributed by atoms with van der Waals surface area (Å²) in [6.07, 6.45) is -0.522. The van der Waals surface area contributed by atoms with E-state index in [0.29, 0.717) is 6.54 Å². The summed E-state index contributed by atoms with van der Waals surface area (Å²) >= 11 is 0. The first-order valence-electron chi connectivity index (χ1n) is 9.73. The van der Waals surface area contributed by atoms with Crippen molar-refractivity contribution in [2.45, 2.75) is 6.10 Å². The second-order valence-corrected chi connectivity index (χ2v) is 7.28. The van der Waals surface area contributed by atoms with Crippen LogP contribution >= 0.6 is 0 Å². The fraction of sp³-hybridized carbons (Fsp3) is 0.304. The first-order valence-corrected chi connectivity index (χ1v) is 9.73. The Morgan fingerprint density at radius 2 is 1.57 bits per heavy atom. The van der Waals surface area contributed by atoms with Crippen molar-refractivity contribution in [3.8, 4) is 11.5 Å². The van der Waals surface area contributed by atoms with Gasteiger partial charge < -0.3 is 19.8 Å². The molecule has 0 aliphatic carbocycles. The number of fused-ring (bicyclic) bond motifs is 1. The third-order valence-corrected chi connectivity index (χ3v) is 5.22. The Labute approximate surface area is 165 Å². The average molecular weight is 378 g/mol. The molecule has 28 heavy (non-hydrogen) atoms. The Morgan fingerprint density at radius 1 is 0.857 bits per heavy atom. The Kier molecular flexibility index (Phi) is 5.65. The summed E-state index contributed by atoms with van der Waals surface area (Å²) in [5.74, 6) is 1.08. The molecule has 146 valence electrons. The Hall–Kier alpha value is -2.76. The summed E-state index contributed by atoms with van der Waals surface area (Å²) in [5, 5.41) is 22.1. The number of nitrogens with zero attached hydrogens (tertiary/aromatic N) is 2. The van der Waals surface area contributed by atoms with Crippen LogP contribution in [0.25, 0.3) is 10.8 Å². The maximum Gasteiger partial charge on any atom is 0.120 e. The molecule has 1 aliphatic rings. The number of aromatic hydroxyl groups is 1. The molecule has 1 atom stereocenters. The number of aliphatic hydroxyl groups is 1. The number of ether oxygens (including phenoxy) is 1. The van der Waals surface area contributed by atoms with Gasteiger partial charge in [-0.1, -0.05) is 30.3 Å². The molecule has 0 radical (unpaired) electrons. The molecule has 1 heterocycles. The Morgan fingerprint density at radius 3 is 2.32 bits per heavy atom. The molecule has 5 heteroatoms. The minimum absolute atomic E-state index is 0.288. The molecule has 0 bridgehead atoms. The van der Waals surface area contributed by atoms with Crippen LogP contribution in [0.5, 0.6) is 11.5 Å². The van der Waals surface area contributed by atoms with Crippen LogP contribution in [-0.2, 0) is 0 Å². The normalized spacial score (nSPS) is 16.2. The van der Waals surface area contributed by atoms with E-state index < -0.39 is 6.10 Å². The number of hydrogen-bond donors (Lipinski definition) is 2. The van der Waals surface area contributed by atoms with Crippen LogP contribution in [0, 0.1) is 0 Å². The second kappa shape index (κ2) is 8.50.